The minimum atomic E-state index is -4.56. The van der Waals surface area contributed by atoms with Crippen molar-refractivity contribution < 1.29 is 26.4 Å². The standard InChI is InChI=1S/C11H14F3N3O3S/c1-7-4-9(11(12,13)14)16-17(7)5-10(18)15-8-2-3-21(19,20)6-8/h4,8H,2-3,5-6H2,1H3,(H,15,18). The maximum atomic E-state index is 12.5. The number of carbonyl (C=O) groups excluding carboxylic acids is 1. The van der Waals surface area contributed by atoms with Crippen LogP contribution in [0.1, 0.15) is 17.8 Å². The monoisotopic (exact) mass is 325 g/mol. The number of aromatic nitrogens is 2. The Morgan fingerprint density at radius 1 is 1.52 bits per heavy atom. The number of hydrogen-bond donors (Lipinski definition) is 1. The number of alkyl halides is 3. The Hall–Kier alpha value is -1.58. The van der Waals surface area contributed by atoms with E-state index in [9.17, 15) is 26.4 Å². The van der Waals surface area contributed by atoms with Crippen molar-refractivity contribution in [2.75, 3.05) is 11.5 Å². The van der Waals surface area contributed by atoms with Gasteiger partial charge >= 0.3 is 6.18 Å². The summed E-state index contributed by atoms with van der Waals surface area (Å²) >= 11 is 0. The summed E-state index contributed by atoms with van der Waals surface area (Å²) in [5.74, 6) is -0.682. The van der Waals surface area contributed by atoms with Crippen molar-refractivity contribution >= 4 is 15.7 Å². The van der Waals surface area contributed by atoms with Crippen LogP contribution in [0.3, 0.4) is 0 Å². The van der Waals surface area contributed by atoms with Crippen LogP contribution in [0.15, 0.2) is 6.07 Å². The zero-order chi connectivity index (χ0) is 15.8. The Balaban J connectivity index is 1.99. The number of nitrogens with zero attached hydrogens (tertiary/aromatic N) is 2. The zero-order valence-corrected chi connectivity index (χ0v) is 12.0. The van der Waals surface area contributed by atoms with Gasteiger partial charge in [0, 0.05) is 11.7 Å². The maximum Gasteiger partial charge on any atom is 0.435 e. The van der Waals surface area contributed by atoms with Crippen molar-refractivity contribution in [1.82, 2.24) is 15.1 Å². The van der Waals surface area contributed by atoms with Crippen LogP contribution in [0.5, 0.6) is 0 Å². The minimum absolute atomic E-state index is 0.0109. The second-order valence-electron chi connectivity index (χ2n) is 4.99. The second-order valence-corrected chi connectivity index (χ2v) is 7.22. The molecule has 1 aromatic rings. The summed E-state index contributed by atoms with van der Waals surface area (Å²) in [4.78, 5) is 11.7. The van der Waals surface area contributed by atoms with Crippen LogP contribution in [0, 0.1) is 6.92 Å². The highest BCUT2D eigenvalue weighted by atomic mass is 32.2. The van der Waals surface area contributed by atoms with Gasteiger partial charge in [0.2, 0.25) is 5.91 Å². The van der Waals surface area contributed by atoms with Gasteiger partial charge in [-0.1, -0.05) is 0 Å². The second kappa shape index (κ2) is 5.32. The normalized spacial score (nSPS) is 21.4. The van der Waals surface area contributed by atoms with Crippen molar-refractivity contribution in [2.45, 2.75) is 32.1 Å². The molecule has 6 nitrogen and oxygen atoms in total. The summed E-state index contributed by atoms with van der Waals surface area (Å²) in [7, 11) is -3.12. The molecule has 0 aliphatic carbocycles. The molecule has 2 heterocycles. The lowest BCUT2D eigenvalue weighted by Crippen LogP contribution is -2.38. The van der Waals surface area contributed by atoms with Crippen LogP contribution in [0.2, 0.25) is 0 Å². The van der Waals surface area contributed by atoms with Crippen LogP contribution in [-0.2, 0) is 27.4 Å². The third-order valence-corrected chi connectivity index (χ3v) is 4.93. The molecule has 2 rings (SSSR count). The van der Waals surface area contributed by atoms with Gasteiger partial charge in [-0.05, 0) is 19.4 Å². The van der Waals surface area contributed by atoms with Gasteiger partial charge in [-0.15, -0.1) is 0 Å². The zero-order valence-electron chi connectivity index (χ0n) is 11.1. The first kappa shape index (κ1) is 15.8. The highest BCUT2D eigenvalue weighted by molar-refractivity contribution is 7.91. The Morgan fingerprint density at radius 3 is 2.67 bits per heavy atom. The van der Waals surface area contributed by atoms with Crippen LogP contribution in [0.25, 0.3) is 0 Å². The largest absolute Gasteiger partial charge is 0.435 e. The van der Waals surface area contributed by atoms with Crippen molar-refractivity contribution in [1.29, 1.82) is 0 Å². The SMILES string of the molecule is Cc1cc(C(F)(F)F)nn1CC(=O)NC1CCS(=O)(=O)C1. The fraction of sp³-hybridized carbons (Fsp3) is 0.636. The number of sulfone groups is 1. The number of hydrogen-bond acceptors (Lipinski definition) is 4. The first-order valence-electron chi connectivity index (χ1n) is 6.18. The molecule has 1 amide bonds. The molecule has 0 radical (unpaired) electrons. The quantitative estimate of drug-likeness (QED) is 0.878. The van der Waals surface area contributed by atoms with Crippen molar-refractivity contribution in [2.24, 2.45) is 0 Å². The summed E-state index contributed by atoms with van der Waals surface area (Å²) in [5.41, 5.74) is -0.854. The molecule has 1 saturated heterocycles. The number of rotatable bonds is 3. The van der Waals surface area contributed by atoms with Gasteiger partial charge in [-0.3, -0.25) is 9.48 Å². The number of amides is 1. The highest BCUT2D eigenvalue weighted by Gasteiger charge is 2.35. The molecule has 0 saturated carbocycles. The van der Waals surface area contributed by atoms with Crippen molar-refractivity contribution in [3.63, 3.8) is 0 Å². The van der Waals surface area contributed by atoms with E-state index in [1.165, 1.54) is 6.92 Å². The van der Waals surface area contributed by atoms with Crippen molar-refractivity contribution in [3.8, 4) is 0 Å². The molecule has 1 unspecified atom stereocenters. The van der Waals surface area contributed by atoms with Gasteiger partial charge in [0.25, 0.3) is 0 Å². The lowest BCUT2D eigenvalue weighted by molar-refractivity contribution is -0.141. The molecule has 10 heteroatoms. The summed E-state index contributed by atoms with van der Waals surface area (Å²) in [6.07, 6.45) is -4.24. The summed E-state index contributed by atoms with van der Waals surface area (Å²) in [6, 6.07) is 0.369. The van der Waals surface area contributed by atoms with Crippen LogP contribution < -0.4 is 5.32 Å². The van der Waals surface area contributed by atoms with Gasteiger partial charge < -0.3 is 5.32 Å². The molecule has 1 aliphatic rings. The predicted octanol–water partition coefficient (Wildman–Crippen LogP) is 0.514. The molecule has 0 spiro atoms. The van der Waals surface area contributed by atoms with E-state index in [0.717, 1.165) is 10.7 Å². The van der Waals surface area contributed by atoms with Crippen LogP contribution >= 0.6 is 0 Å². The van der Waals surface area contributed by atoms with Gasteiger partial charge in [-0.2, -0.15) is 18.3 Å². The summed E-state index contributed by atoms with van der Waals surface area (Å²) in [5, 5.41) is 5.83. The fourth-order valence-electron chi connectivity index (χ4n) is 2.13. The number of aryl methyl sites for hydroxylation is 1. The molecule has 1 atom stereocenters. The van der Waals surface area contributed by atoms with Gasteiger partial charge in [0.1, 0.15) is 6.54 Å². The third kappa shape index (κ3) is 3.96. The summed E-state index contributed by atoms with van der Waals surface area (Å²) < 4.78 is 60.9. The predicted molar refractivity (Wildman–Crippen MR) is 67.2 cm³/mol. The lowest BCUT2D eigenvalue weighted by Gasteiger charge is -2.11. The molecule has 0 bridgehead atoms. The molecule has 21 heavy (non-hydrogen) atoms. The Labute approximate surface area is 119 Å². The van der Waals surface area contributed by atoms with E-state index in [4.69, 9.17) is 0 Å². The van der Waals surface area contributed by atoms with E-state index >= 15 is 0 Å². The van der Waals surface area contributed by atoms with E-state index in [2.05, 4.69) is 10.4 Å². The van der Waals surface area contributed by atoms with Gasteiger partial charge in [0.05, 0.1) is 11.5 Å². The molecular weight excluding hydrogens is 311 g/mol. The van der Waals surface area contributed by atoms with E-state index in [-0.39, 0.29) is 23.7 Å². The van der Waals surface area contributed by atoms with Gasteiger partial charge in [0.15, 0.2) is 15.5 Å². The number of nitrogens with one attached hydrogen (secondary N) is 1. The van der Waals surface area contributed by atoms with E-state index in [0.29, 0.717) is 6.42 Å². The van der Waals surface area contributed by atoms with E-state index < -0.39 is 33.7 Å². The average Bonchev–Trinajstić information content (AvgIpc) is 2.82. The van der Waals surface area contributed by atoms with Crippen LogP contribution in [-0.4, -0.2) is 41.7 Å². The van der Waals surface area contributed by atoms with Crippen LogP contribution in [0.4, 0.5) is 13.2 Å². The molecule has 1 aliphatic heterocycles. The fourth-order valence-corrected chi connectivity index (χ4v) is 3.80. The molecule has 1 aromatic heterocycles. The Bertz CT molecular complexity index is 651. The van der Waals surface area contributed by atoms with Gasteiger partial charge in [-0.25, -0.2) is 8.42 Å². The molecule has 1 fully saturated rings. The smallest absolute Gasteiger partial charge is 0.351 e. The molecule has 118 valence electrons. The van der Waals surface area contributed by atoms with Crippen molar-refractivity contribution in [3.05, 3.63) is 17.5 Å². The third-order valence-electron chi connectivity index (χ3n) is 3.16. The highest BCUT2D eigenvalue weighted by Crippen LogP contribution is 2.28. The number of halogens is 3. The topological polar surface area (TPSA) is 81.1 Å². The minimum Gasteiger partial charge on any atom is -0.351 e. The maximum absolute atomic E-state index is 12.5. The average molecular weight is 325 g/mol. The Morgan fingerprint density at radius 2 is 2.19 bits per heavy atom. The first-order valence-corrected chi connectivity index (χ1v) is 8.00. The number of carbonyl (C=O) groups is 1. The first-order chi connectivity index (χ1) is 9.57. The molecule has 1 N–H and O–H groups in total. The Kier molecular flexibility index (Phi) is 4.00. The van der Waals surface area contributed by atoms with E-state index in [1.807, 2.05) is 0 Å². The van der Waals surface area contributed by atoms with E-state index in [1.54, 1.807) is 0 Å². The summed E-state index contributed by atoms with van der Waals surface area (Å²) in [6.45, 7) is 1.04. The lowest BCUT2D eigenvalue weighted by atomic mass is 10.2. The molecule has 0 aromatic carbocycles. The molecular formula is C11H14F3N3O3S.